The number of nitrogen functional groups attached to an aromatic ring is 3. The first kappa shape index (κ1) is 38.6. The summed E-state index contributed by atoms with van der Waals surface area (Å²) in [5.41, 5.74) is 16.6. The number of ether oxygens (including phenoxy) is 3. The van der Waals surface area contributed by atoms with Crippen molar-refractivity contribution in [3.63, 3.8) is 0 Å². The Kier molecular flexibility index (Phi) is 15.4. The van der Waals surface area contributed by atoms with Crippen LogP contribution in [-0.4, -0.2) is 51.8 Å². The van der Waals surface area contributed by atoms with Gasteiger partial charge in [-0.05, 0) is 18.2 Å². The summed E-state index contributed by atoms with van der Waals surface area (Å²) in [7, 11) is 4.72. The molecule has 0 fully saturated rings. The Bertz CT molecular complexity index is 1480. The molecule has 0 aliphatic rings. The number of methoxy groups -OCH3 is 3. The minimum absolute atomic E-state index is 0.00463. The predicted octanol–water partition coefficient (Wildman–Crippen LogP) is 4.72. The van der Waals surface area contributed by atoms with Gasteiger partial charge < -0.3 is 31.1 Å². The summed E-state index contributed by atoms with van der Waals surface area (Å²) in [6.07, 6.45) is 4.87. The topological polar surface area (TPSA) is 215 Å². The molecule has 46 heavy (non-hydrogen) atoms. The molecule has 0 radical (unpaired) electrons. The second-order valence-electron chi connectivity index (χ2n) is 11.6. The second-order valence-corrected chi connectivity index (χ2v) is 11.6. The molecule has 14 heteroatoms. The largest absolute Gasteiger partial charge is 0.481 e. The third-order valence-electron chi connectivity index (χ3n) is 5.84. The molecule has 248 valence electrons. The van der Waals surface area contributed by atoms with Crippen molar-refractivity contribution in [2.45, 2.75) is 53.4 Å². The lowest BCUT2D eigenvalue weighted by atomic mass is 9.89. The summed E-state index contributed by atoms with van der Waals surface area (Å²) in [5, 5.41) is 12.6. The molecule has 0 saturated heterocycles. The molecule has 7 N–H and O–H groups in total. The fourth-order valence-corrected chi connectivity index (χ4v) is 3.02. The highest BCUT2D eigenvalue weighted by atomic mass is 16.5. The number of Topliss-reactive ketones (excluding diaryl/α,β-unsaturated/α-hetero) is 1. The number of nitrogens with two attached hydrogens (primary N) is 3. The van der Waals surface area contributed by atoms with E-state index in [4.69, 9.17) is 36.8 Å². The fraction of sp³-hybridized carbons (Fsp3) is 0.375. The number of hydrogen-bond acceptors (Lipinski definition) is 13. The molecular weight excluding hydrogens is 588 g/mol. The predicted molar refractivity (Wildman–Crippen MR) is 180 cm³/mol. The first-order chi connectivity index (χ1) is 21.6. The number of nitrogens with zero attached hydrogens (tertiary/aromatic N) is 6. The van der Waals surface area contributed by atoms with Crippen LogP contribution in [0.3, 0.4) is 0 Å². The summed E-state index contributed by atoms with van der Waals surface area (Å²) in [4.78, 5) is 22.7. The van der Waals surface area contributed by atoms with Gasteiger partial charge >= 0.3 is 0 Å². The molecule has 14 nitrogen and oxygen atoms in total. The van der Waals surface area contributed by atoms with Gasteiger partial charge in [-0.3, -0.25) is 10.6 Å². The molecule has 0 amide bonds. The van der Waals surface area contributed by atoms with E-state index in [1.807, 2.05) is 39.0 Å². The van der Waals surface area contributed by atoms with Gasteiger partial charge in [0.25, 0.3) is 0 Å². The maximum atomic E-state index is 10.8. The minimum atomic E-state index is -0.351. The number of pyridine rings is 3. The molecule has 4 heterocycles. The average molecular weight is 635 g/mol. The lowest BCUT2D eigenvalue weighted by Crippen LogP contribution is -2.18. The quantitative estimate of drug-likeness (QED) is 0.167. The maximum absolute atomic E-state index is 10.8. The highest BCUT2D eigenvalue weighted by molar-refractivity contribution is 5.85. The smallest absolute Gasteiger partial charge is 0.213 e. The Labute approximate surface area is 270 Å². The van der Waals surface area contributed by atoms with Crippen LogP contribution < -0.4 is 36.9 Å². The van der Waals surface area contributed by atoms with Crippen molar-refractivity contribution in [2.24, 2.45) is 11.3 Å². The number of carbonyl (C=O) groups is 1. The summed E-state index contributed by atoms with van der Waals surface area (Å²) >= 11 is 0. The Balaban J connectivity index is 0.000000326. The highest BCUT2D eigenvalue weighted by Crippen LogP contribution is 2.25. The van der Waals surface area contributed by atoms with E-state index in [2.05, 4.69) is 46.2 Å². The van der Waals surface area contributed by atoms with Gasteiger partial charge in [0, 0.05) is 35.1 Å². The zero-order valence-corrected chi connectivity index (χ0v) is 28.0. The first-order valence-electron chi connectivity index (χ1n) is 14.1. The zero-order valence-electron chi connectivity index (χ0n) is 28.0. The summed E-state index contributed by atoms with van der Waals surface area (Å²) in [6, 6.07) is 14.4. The third kappa shape index (κ3) is 13.5. The maximum Gasteiger partial charge on any atom is 0.213 e. The van der Waals surface area contributed by atoms with Crippen molar-refractivity contribution in [2.75, 3.05) is 38.2 Å². The molecular formula is C32H46N10O4. The van der Waals surface area contributed by atoms with Gasteiger partial charge in [0.05, 0.1) is 75.2 Å². The van der Waals surface area contributed by atoms with Crippen LogP contribution in [0.1, 0.15) is 53.7 Å². The average Bonchev–Trinajstić information content (AvgIpc) is 3.44. The van der Waals surface area contributed by atoms with Crippen molar-refractivity contribution in [3.8, 4) is 29.4 Å². The van der Waals surface area contributed by atoms with Gasteiger partial charge in [-0.25, -0.2) is 19.6 Å². The van der Waals surface area contributed by atoms with Crippen molar-refractivity contribution >= 4 is 23.0 Å². The standard InChI is InChI=1S/C13H18N4O.C7H11NO.C6H9N3O.C6H8N2O/c1-13(2,3)10-7-11(14)17(16-10)9-5-6-12(18-4)15-8-9;1-7(2,3)6(9)4-5-8;1-10-6-3-2-5(9-7)4-8-6;1-9-6-3-2-5(7)4-8-6/h5-8H,14H2,1-4H3;4H2,1-3H3;2-4,9H,7H2,1H3;2-4H,7H2,1H3. The Morgan fingerprint density at radius 3 is 1.70 bits per heavy atom. The van der Waals surface area contributed by atoms with Crippen LogP contribution in [0.2, 0.25) is 0 Å². The summed E-state index contributed by atoms with van der Waals surface area (Å²) < 4.78 is 16.3. The number of nitriles is 1. The molecule has 0 atom stereocenters. The van der Waals surface area contributed by atoms with Gasteiger partial charge in [0.2, 0.25) is 17.6 Å². The van der Waals surface area contributed by atoms with E-state index in [1.54, 1.807) is 74.9 Å². The van der Waals surface area contributed by atoms with Gasteiger partial charge in [-0.1, -0.05) is 41.5 Å². The number of anilines is 3. The van der Waals surface area contributed by atoms with E-state index in [9.17, 15) is 4.79 Å². The lowest BCUT2D eigenvalue weighted by Gasteiger charge is -2.14. The van der Waals surface area contributed by atoms with Gasteiger partial charge in [0.1, 0.15) is 5.82 Å². The van der Waals surface area contributed by atoms with Crippen molar-refractivity contribution in [1.29, 1.82) is 5.26 Å². The third-order valence-corrected chi connectivity index (χ3v) is 5.84. The molecule has 0 aliphatic carbocycles. The molecule has 4 aromatic heterocycles. The second kappa shape index (κ2) is 18.4. The molecule has 0 bridgehead atoms. The number of hydrogen-bond donors (Lipinski definition) is 4. The fourth-order valence-electron chi connectivity index (χ4n) is 3.02. The van der Waals surface area contributed by atoms with Crippen LogP contribution in [0.5, 0.6) is 17.6 Å². The van der Waals surface area contributed by atoms with Crippen LogP contribution in [0.25, 0.3) is 5.69 Å². The normalized spacial score (nSPS) is 10.3. The number of aromatic nitrogens is 5. The molecule has 0 spiro atoms. The SMILES string of the molecule is CC(C)(C)C(=O)CC#N.COc1ccc(-n2nc(C(C)(C)C)cc2N)cn1.COc1ccc(N)cn1.COc1ccc(NN)cn1. The van der Waals surface area contributed by atoms with Crippen LogP contribution in [0, 0.1) is 16.7 Å². The molecule has 0 aromatic carbocycles. The van der Waals surface area contributed by atoms with E-state index in [-0.39, 0.29) is 23.0 Å². The van der Waals surface area contributed by atoms with Gasteiger partial charge in [0.15, 0.2) is 5.78 Å². The number of hydrazine groups is 1. The van der Waals surface area contributed by atoms with Crippen LogP contribution >= 0.6 is 0 Å². The van der Waals surface area contributed by atoms with E-state index < -0.39 is 0 Å². The Hall–Kier alpha value is -5.42. The lowest BCUT2D eigenvalue weighted by molar-refractivity contribution is -0.125. The summed E-state index contributed by atoms with van der Waals surface area (Å²) in [5.74, 6) is 7.46. The number of ketones is 1. The monoisotopic (exact) mass is 634 g/mol. The van der Waals surface area contributed by atoms with Crippen LogP contribution in [0.15, 0.2) is 61.1 Å². The molecule has 4 aromatic rings. The first-order valence-corrected chi connectivity index (χ1v) is 14.1. The highest BCUT2D eigenvalue weighted by Gasteiger charge is 2.20. The van der Waals surface area contributed by atoms with Gasteiger partial charge in [-0.15, -0.1) is 0 Å². The molecule has 0 aliphatic heterocycles. The van der Waals surface area contributed by atoms with E-state index in [0.717, 1.165) is 17.1 Å². The van der Waals surface area contributed by atoms with Crippen LogP contribution in [-0.2, 0) is 10.2 Å². The van der Waals surface area contributed by atoms with Crippen molar-refractivity contribution < 1.29 is 19.0 Å². The number of nitrogens with one attached hydrogen (secondary N) is 1. The van der Waals surface area contributed by atoms with E-state index in [0.29, 0.717) is 29.1 Å². The van der Waals surface area contributed by atoms with Gasteiger partial charge in [-0.2, -0.15) is 10.4 Å². The molecule has 0 unspecified atom stereocenters. The summed E-state index contributed by atoms with van der Waals surface area (Å²) in [6.45, 7) is 11.7. The number of rotatable bonds is 6. The van der Waals surface area contributed by atoms with E-state index in [1.165, 1.54) is 0 Å². The minimum Gasteiger partial charge on any atom is -0.481 e. The van der Waals surface area contributed by atoms with Crippen LogP contribution in [0.4, 0.5) is 17.2 Å². The van der Waals surface area contributed by atoms with Crippen molar-refractivity contribution in [1.82, 2.24) is 24.7 Å². The Morgan fingerprint density at radius 1 is 0.848 bits per heavy atom. The molecule has 0 saturated carbocycles. The Morgan fingerprint density at radius 2 is 1.37 bits per heavy atom. The van der Waals surface area contributed by atoms with Crippen molar-refractivity contribution in [3.05, 3.63) is 66.7 Å². The van der Waals surface area contributed by atoms with E-state index >= 15 is 0 Å². The molecule has 4 rings (SSSR count). The zero-order chi connectivity index (χ0) is 34.9. The number of carbonyl (C=O) groups excluding carboxylic acids is 1.